The van der Waals surface area contributed by atoms with Gasteiger partial charge in [-0.05, 0) is 20.8 Å². The molecule has 0 spiro atoms. The molecule has 0 saturated carbocycles. The van der Waals surface area contributed by atoms with E-state index >= 15 is 0 Å². The molecule has 0 aromatic heterocycles. The zero-order valence-electron chi connectivity index (χ0n) is 13.2. The summed E-state index contributed by atoms with van der Waals surface area (Å²) < 4.78 is 38.2. The minimum atomic E-state index is -1.32. The number of ether oxygens (including phenoxy) is 2. The fraction of sp³-hybridized carbons (Fsp3) is 0.500. The first-order chi connectivity index (χ1) is 10.7. The highest BCUT2D eigenvalue weighted by Crippen LogP contribution is 2.41. The van der Waals surface area contributed by atoms with Crippen molar-refractivity contribution < 1.29 is 27.8 Å². The number of aldehydes is 1. The van der Waals surface area contributed by atoms with Crippen LogP contribution in [0.4, 0.5) is 13.6 Å². The lowest BCUT2D eigenvalue weighted by Crippen LogP contribution is -2.51. The minimum absolute atomic E-state index is 0.0216. The van der Waals surface area contributed by atoms with Crippen molar-refractivity contribution in [3.05, 3.63) is 29.3 Å². The van der Waals surface area contributed by atoms with E-state index in [4.69, 9.17) is 9.47 Å². The second-order valence-corrected chi connectivity index (χ2v) is 6.44. The van der Waals surface area contributed by atoms with Crippen LogP contribution in [0.3, 0.4) is 0 Å². The third kappa shape index (κ3) is 3.78. The molecule has 1 aliphatic heterocycles. The van der Waals surface area contributed by atoms with Gasteiger partial charge < -0.3 is 19.6 Å². The van der Waals surface area contributed by atoms with Crippen molar-refractivity contribution in [2.45, 2.75) is 44.8 Å². The summed E-state index contributed by atoms with van der Waals surface area (Å²) in [6, 6.07) is 1.73. The number of rotatable bonds is 3. The Morgan fingerprint density at radius 3 is 2.74 bits per heavy atom. The van der Waals surface area contributed by atoms with Gasteiger partial charge in [-0.2, -0.15) is 0 Å². The van der Waals surface area contributed by atoms with Gasteiger partial charge in [-0.15, -0.1) is 0 Å². The molecule has 0 fully saturated rings. The first kappa shape index (κ1) is 17.2. The number of carbonyl (C=O) groups is 2. The minimum Gasteiger partial charge on any atom is -0.493 e. The molecule has 1 aromatic rings. The van der Waals surface area contributed by atoms with E-state index in [1.807, 2.05) is 0 Å². The van der Waals surface area contributed by atoms with Gasteiger partial charge in [0.05, 0.1) is 17.7 Å². The van der Waals surface area contributed by atoms with Crippen molar-refractivity contribution in [2.24, 2.45) is 0 Å². The summed E-state index contributed by atoms with van der Waals surface area (Å²) in [7, 11) is 0. The third-order valence-electron chi connectivity index (χ3n) is 3.46. The van der Waals surface area contributed by atoms with Crippen LogP contribution < -0.4 is 10.1 Å². The van der Waals surface area contributed by atoms with Crippen LogP contribution in [0.5, 0.6) is 5.75 Å². The van der Waals surface area contributed by atoms with E-state index < -0.39 is 28.9 Å². The summed E-state index contributed by atoms with van der Waals surface area (Å²) in [5, 5.41) is 2.57. The number of benzene rings is 1. The molecule has 0 unspecified atom stereocenters. The molecule has 7 heteroatoms. The fourth-order valence-electron chi connectivity index (χ4n) is 2.61. The highest BCUT2D eigenvalue weighted by Gasteiger charge is 2.42. The lowest BCUT2D eigenvalue weighted by molar-refractivity contribution is -0.109. The van der Waals surface area contributed by atoms with Crippen molar-refractivity contribution in [3.63, 3.8) is 0 Å². The monoisotopic (exact) mass is 327 g/mol. The molecule has 1 heterocycles. The number of halogens is 2. The summed E-state index contributed by atoms with van der Waals surface area (Å²) >= 11 is 0. The van der Waals surface area contributed by atoms with Gasteiger partial charge in [0.15, 0.2) is 0 Å². The maximum absolute atomic E-state index is 14.3. The Hall–Kier alpha value is -2.18. The summed E-state index contributed by atoms with van der Waals surface area (Å²) in [4.78, 5) is 23.2. The number of fused-ring (bicyclic) bond motifs is 1. The molecule has 1 atom stereocenters. The van der Waals surface area contributed by atoms with Crippen LogP contribution >= 0.6 is 0 Å². The quantitative estimate of drug-likeness (QED) is 0.867. The first-order valence-corrected chi connectivity index (χ1v) is 7.24. The van der Waals surface area contributed by atoms with Crippen LogP contribution in [0.25, 0.3) is 0 Å². The molecule has 126 valence electrons. The Morgan fingerprint density at radius 2 is 2.13 bits per heavy atom. The van der Waals surface area contributed by atoms with Crippen LogP contribution in [0, 0.1) is 11.6 Å². The van der Waals surface area contributed by atoms with Gasteiger partial charge in [0.2, 0.25) is 0 Å². The van der Waals surface area contributed by atoms with Gasteiger partial charge in [-0.3, -0.25) is 0 Å². The fourth-order valence-corrected chi connectivity index (χ4v) is 2.61. The maximum Gasteiger partial charge on any atom is 0.408 e. The lowest BCUT2D eigenvalue weighted by atomic mass is 9.81. The highest BCUT2D eigenvalue weighted by molar-refractivity contribution is 5.71. The Morgan fingerprint density at radius 1 is 1.43 bits per heavy atom. The molecule has 0 radical (unpaired) electrons. The first-order valence-electron chi connectivity index (χ1n) is 7.24. The smallest absolute Gasteiger partial charge is 0.408 e. The molecule has 0 saturated heterocycles. The van der Waals surface area contributed by atoms with E-state index in [9.17, 15) is 18.4 Å². The zero-order valence-corrected chi connectivity index (χ0v) is 13.2. The molecular formula is C16H19F2NO4. The maximum atomic E-state index is 14.3. The van der Waals surface area contributed by atoms with E-state index in [0.717, 1.165) is 6.07 Å². The van der Waals surface area contributed by atoms with E-state index in [-0.39, 0.29) is 30.8 Å². The Labute approximate surface area is 133 Å². The van der Waals surface area contributed by atoms with Crippen molar-refractivity contribution in [2.75, 3.05) is 6.61 Å². The SMILES string of the molecule is CC(C)(C)OC(=O)N[C@]1(CC=O)CCOc2cc(F)cc(F)c21. The van der Waals surface area contributed by atoms with Crippen molar-refractivity contribution in [3.8, 4) is 5.75 Å². The number of carbonyl (C=O) groups excluding carboxylic acids is 2. The van der Waals surface area contributed by atoms with E-state index in [2.05, 4.69) is 5.32 Å². The molecule has 5 nitrogen and oxygen atoms in total. The van der Waals surface area contributed by atoms with Crippen LogP contribution in [-0.2, 0) is 15.1 Å². The number of hydrogen-bond acceptors (Lipinski definition) is 4. The molecule has 23 heavy (non-hydrogen) atoms. The van der Waals surface area contributed by atoms with Crippen molar-refractivity contribution >= 4 is 12.4 Å². The van der Waals surface area contributed by atoms with Gasteiger partial charge >= 0.3 is 6.09 Å². The van der Waals surface area contributed by atoms with E-state index in [0.29, 0.717) is 12.4 Å². The second kappa shape index (κ2) is 6.14. The van der Waals surface area contributed by atoms with Crippen LogP contribution in [0.2, 0.25) is 0 Å². The van der Waals surface area contributed by atoms with Crippen LogP contribution in [0.1, 0.15) is 39.2 Å². The third-order valence-corrected chi connectivity index (χ3v) is 3.46. The molecule has 0 aliphatic carbocycles. The molecule has 1 N–H and O–H groups in total. The van der Waals surface area contributed by atoms with Gasteiger partial charge in [0, 0.05) is 25.0 Å². The number of amides is 1. The summed E-state index contributed by atoms with van der Waals surface area (Å²) in [6.45, 7) is 5.17. The molecule has 2 rings (SSSR count). The van der Waals surface area contributed by atoms with Gasteiger partial charge in [-0.25, -0.2) is 13.6 Å². The number of alkyl carbamates (subject to hydrolysis) is 1. The Balaban J connectivity index is 2.43. The predicted molar refractivity (Wildman–Crippen MR) is 78.2 cm³/mol. The van der Waals surface area contributed by atoms with Crippen LogP contribution in [-0.4, -0.2) is 24.6 Å². The summed E-state index contributed by atoms with van der Waals surface area (Å²) in [5.41, 5.74) is -2.11. The standard InChI is InChI=1S/C16H19F2NO4/c1-15(2,3)23-14(21)19-16(4-6-20)5-7-22-12-9-10(17)8-11(18)13(12)16/h6,8-9H,4-5,7H2,1-3H3,(H,19,21)/t16-/m1/s1. The number of hydrogen-bond donors (Lipinski definition) is 1. The molecule has 1 aliphatic rings. The molecule has 0 bridgehead atoms. The highest BCUT2D eigenvalue weighted by atomic mass is 19.1. The normalized spacial score (nSPS) is 20.2. The molecule has 1 amide bonds. The molecule has 1 aromatic carbocycles. The van der Waals surface area contributed by atoms with E-state index in [1.54, 1.807) is 20.8 Å². The predicted octanol–water partition coefficient (Wildman–Crippen LogP) is 3.06. The second-order valence-electron chi connectivity index (χ2n) is 6.44. The summed E-state index contributed by atoms with van der Waals surface area (Å²) in [5.74, 6) is -1.69. The van der Waals surface area contributed by atoms with E-state index in [1.165, 1.54) is 0 Å². The zero-order chi connectivity index (χ0) is 17.3. The largest absolute Gasteiger partial charge is 0.493 e. The van der Waals surface area contributed by atoms with Gasteiger partial charge in [0.25, 0.3) is 0 Å². The van der Waals surface area contributed by atoms with Crippen molar-refractivity contribution in [1.82, 2.24) is 5.32 Å². The van der Waals surface area contributed by atoms with Gasteiger partial charge in [0.1, 0.15) is 29.3 Å². The lowest BCUT2D eigenvalue weighted by Gasteiger charge is -2.38. The Kier molecular flexibility index (Phi) is 4.58. The van der Waals surface area contributed by atoms with Crippen molar-refractivity contribution in [1.29, 1.82) is 0 Å². The molecular weight excluding hydrogens is 308 g/mol. The van der Waals surface area contributed by atoms with Gasteiger partial charge in [-0.1, -0.05) is 0 Å². The van der Waals surface area contributed by atoms with Crippen LogP contribution in [0.15, 0.2) is 12.1 Å². The topological polar surface area (TPSA) is 64.6 Å². The average molecular weight is 327 g/mol. The average Bonchev–Trinajstić information content (AvgIpc) is 2.35. The summed E-state index contributed by atoms with van der Waals surface area (Å²) in [6.07, 6.45) is -0.211. The number of nitrogens with one attached hydrogen (secondary N) is 1. The Bertz CT molecular complexity index is 627.